The normalized spacial score (nSPS) is 11.0. The molecule has 0 bridgehead atoms. The Labute approximate surface area is 143 Å². The Balaban J connectivity index is 2.07. The van der Waals surface area contributed by atoms with Crippen LogP contribution in [0.2, 0.25) is 0 Å². The average molecular weight is 332 g/mol. The number of hydrogen-bond donors (Lipinski definition) is 0. The highest BCUT2D eigenvalue weighted by atomic mass is 16.5. The minimum Gasteiger partial charge on any atom is -0.497 e. The Hall–Kier alpha value is -3.41. The van der Waals surface area contributed by atoms with E-state index in [9.17, 15) is 4.79 Å². The fourth-order valence-electron chi connectivity index (χ4n) is 2.84. The van der Waals surface area contributed by atoms with Gasteiger partial charge in [-0.3, -0.25) is 4.79 Å². The van der Waals surface area contributed by atoms with E-state index in [0.29, 0.717) is 5.69 Å². The number of aromatic nitrogens is 4. The topological polar surface area (TPSA) is 61.4 Å². The van der Waals surface area contributed by atoms with Crippen LogP contribution in [-0.4, -0.2) is 26.5 Å². The zero-order valence-corrected chi connectivity index (χ0v) is 13.9. The number of rotatable bonds is 3. The molecule has 4 aromatic rings. The van der Waals surface area contributed by atoms with E-state index in [4.69, 9.17) is 9.84 Å². The van der Waals surface area contributed by atoms with Crippen molar-refractivity contribution in [1.82, 2.24) is 19.4 Å². The lowest BCUT2D eigenvalue weighted by atomic mass is 10.0. The molecule has 0 amide bonds. The summed E-state index contributed by atoms with van der Waals surface area (Å²) in [5, 5.41) is 9.14. The summed E-state index contributed by atoms with van der Waals surface area (Å²) in [6.45, 7) is 0. The second-order valence-electron chi connectivity index (χ2n) is 5.67. The molecule has 6 nitrogen and oxygen atoms in total. The quantitative estimate of drug-likeness (QED) is 0.579. The van der Waals surface area contributed by atoms with Crippen LogP contribution in [0.15, 0.2) is 65.6 Å². The van der Waals surface area contributed by atoms with E-state index in [-0.39, 0.29) is 5.56 Å². The standard InChI is InChI=1S/C19H16N4O2/c1-22-17(24)9-8-15(20-22)18-16-12-14(25-2)10-11-23(16)21-19(18)13-6-4-3-5-7-13/h3-12H,1-2H3. The molecule has 0 saturated carbocycles. The summed E-state index contributed by atoms with van der Waals surface area (Å²) in [7, 11) is 3.27. The van der Waals surface area contributed by atoms with Gasteiger partial charge in [0.15, 0.2) is 0 Å². The van der Waals surface area contributed by atoms with Crippen LogP contribution in [0, 0.1) is 0 Å². The van der Waals surface area contributed by atoms with Crippen molar-refractivity contribution < 1.29 is 4.74 Å². The van der Waals surface area contributed by atoms with Crippen LogP contribution in [0.1, 0.15) is 0 Å². The van der Waals surface area contributed by atoms with E-state index in [1.165, 1.54) is 10.7 Å². The highest BCUT2D eigenvalue weighted by Crippen LogP contribution is 2.34. The Morgan fingerprint density at radius 2 is 1.80 bits per heavy atom. The molecule has 0 spiro atoms. The van der Waals surface area contributed by atoms with Gasteiger partial charge in [0.1, 0.15) is 11.4 Å². The van der Waals surface area contributed by atoms with Crippen LogP contribution in [0.5, 0.6) is 5.75 Å². The van der Waals surface area contributed by atoms with Gasteiger partial charge in [-0.2, -0.15) is 10.2 Å². The largest absolute Gasteiger partial charge is 0.497 e. The summed E-state index contributed by atoms with van der Waals surface area (Å²) >= 11 is 0. The van der Waals surface area contributed by atoms with Crippen LogP contribution < -0.4 is 10.3 Å². The molecule has 1 aromatic carbocycles. The van der Waals surface area contributed by atoms with Crippen LogP contribution >= 0.6 is 0 Å². The SMILES string of the molecule is COc1ccn2nc(-c3ccccc3)c(-c3ccc(=O)n(C)n3)c2c1. The first kappa shape index (κ1) is 15.1. The van der Waals surface area contributed by atoms with Crippen molar-refractivity contribution in [3.05, 3.63) is 71.1 Å². The smallest absolute Gasteiger partial charge is 0.266 e. The summed E-state index contributed by atoms with van der Waals surface area (Å²) in [5.41, 5.74) is 4.05. The van der Waals surface area contributed by atoms with E-state index in [0.717, 1.165) is 28.1 Å². The highest BCUT2D eigenvalue weighted by Gasteiger charge is 2.18. The second-order valence-corrected chi connectivity index (χ2v) is 5.67. The first-order valence-electron chi connectivity index (χ1n) is 7.84. The maximum Gasteiger partial charge on any atom is 0.266 e. The molecule has 0 aliphatic carbocycles. The van der Waals surface area contributed by atoms with Gasteiger partial charge in [0, 0.05) is 30.9 Å². The molecule has 124 valence electrons. The van der Waals surface area contributed by atoms with Gasteiger partial charge in [-0.15, -0.1) is 0 Å². The number of fused-ring (bicyclic) bond motifs is 1. The minimum atomic E-state index is -0.154. The molecular weight excluding hydrogens is 316 g/mol. The molecular formula is C19H16N4O2. The molecule has 3 aromatic heterocycles. The van der Waals surface area contributed by atoms with Crippen molar-refractivity contribution in [3.63, 3.8) is 0 Å². The summed E-state index contributed by atoms with van der Waals surface area (Å²) in [6, 6.07) is 16.9. The third kappa shape index (κ3) is 2.57. The summed E-state index contributed by atoms with van der Waals surface area (Å²) in [4.78, 5) is 11.7. The zero-order valence-electron chi connectivity index (χ0n) is 13.9. The molecule has 0 fully saturated rings. The van der Waals surface area contributed by atoms with Gasteiger partial charge in [-0.25, -0.2) is 9.20 Å². The van der Waals surface area contributed by atoms with Gasteiger partial charge in [0.2, 0.25) is 0 Å². The van der Waals surface area contributed by atoms with Crippen molar-refractivity contribution in [2.45, 2.75) is 0 Å². The number of nitrogens with zero attached hydrogens (tertiary/aromatic N) is 4. The predicted molar refractivity (Wildman–Crippen MR) is 95.7 cm³/mol. The Bertz CT molecular complexity index is 1110. The molecule has 0 radical (unpaired) electrons. The average Bonchev–Trinajstić information content (AvgIpc) is 3.03. The zero-order chi connectivity index (χ0) is 17.4. The third-order valence-electron chi connectivity index (χ3n) is 4.11. The summed E-state index contributed by atoms with van der Waals surface area (Å²) in [5.74, 6) is 0.734. The fourth-order valence-corrected chi connectivity index (χ4v) is 2.84. The molecule has 0 unspecified atom stereocenters. The highest BCUT2D eigenvalue weighted by molar-refractivity contribution is 5.91. The second kappa shape index (κ2) is 5.90. The predicted octanol–water partition coefficient (Wildman–Crippen LogP) is 2.77. The minimum absolute atomic E-state index is 0.154. The van der Waals surface area contributed by atoms with Gasteiger partial charge in [-0.1, -0.05) is 30.3 Å². The van der Waals surface area contributed by atoms with Gasteiger partial charge in [0.25, 0.3) is 5.56 Å². The molecule has 25 heavy (non-hydrogen) atoms. The Kier molecular flexibility index (Phi) is 3.57. The van der Waals surface area contributed by atoms with Crippen LogP contribution in [0.4, 0.5) is 0 Å². The van der Waals surface area contributed by atoms with Gasteiger partial charge >= 0.3 is 0 Å². The molecule has 0 aliphatic rings. The van der Waals surface area contributed by atoms with Crippen molar-refractivity contribution >= 4 is 5.52 Å². The number of aryl methyl sites for hydroxylation is 1. The number of pyridine rings is 1. The van der Waals surface area contributed by atoms with E-state index >= 15 is 0 Å². The molecule has 6 heteroatoms. The molecule has 0 N–H and O–H groups in total. The van der Waals surface area contributed by atoms with Gasteiger partial charge in [-0.05, 0) is 12.1 Å². The number of hydrogen-bond acceptors (Lipinski definition) is 4. The number of benzene rings is 1. The first-order chi connectivity index (χ1) is 12.2. The number of methoxy groups -OCH3 is 1. The van der Waals surface area contributed by atoms with Crippen LogP contribution in [0.3, 0.4) is 0 Å². The van der Waals surface area contributed by atoms with E-state index in [1.807, 2.05) is 48.7 Å². The molecule has 3 heterocycles. The fraction of sp³-hybridized carbons (Fsp3) is 0.105. The van der Waals surface area contributed by atoms with Crippen LogP contribution in [0.25, 0.3) is 28.0 Å². The molecule has 0 saturated heterocycles. The Morgan fingerprint density at radius 1 is 1.00 bits per heavy atom. The first-order valence-corrected chi connectivity index (χ1v) is 7.84. The summed E-state index contributed by atoms with van der Waals surface area (Å²) < 4.78 is 8.48. The molecule has 4 rings (SSSR count). The molecule has 0 aliphatic heterocycles. The van der Waals surface area contributed by atoms with Crippen molar-refractivity contribution in [2.24, 2.45) is 7.05 Å². The summed E-state index contributed by atoms with van der Waals surface area (Å²) in [6.07, 6.45) is 1.85. The van der Waals surface area contributed by atoms with E-state index in [2.05, 4.69) is 5.10 Å². The van der Waals surface area contributed by atoms with Crippen molar-refractivity contribution in [1.29, 1.82) is 0 Å². The Morgan fingerprint density at radius 3 is 2.52 bits per heavy atom. The maximum absolute atomic E-state index is 11.7. The number of ether oxygens (including phenoxy) is 1. The van der Waals surface area contributed by atoms with Gasteiger partial charge in [0.05, 0.1) is 23.9 Å². The lowest BCUT2D eigenvalue weighted by Gasteiger charge is -2.05. The van der Waals surface area contributed by atoms with E-state index in [1.54, 1.807) is 24.7 Å². The monoisotopic (exact) mass is 332 g/mol. The third-order valence-corrected chi connectivity index (χ3v) is 4.11. The lowest BCUT2D eigenvalue weighted by molar-refractivity contribution is 0.414. The van der Waals surface area contributed by atoms with Crippen molar-refractivity contribution in [2.75, 3.05) is 7.11 Å². The lowest BCUT2D eigenvalue weighted by Crippen LogP contribution is -2.18. The van der Waals surface area contributed by atoms with Gasteiger partial charge < -0.3 is 4.74 Å². The van der Waals surface area contributed by atoms with Crippen molar-refractivity contribution in [3.8, 4) is 28.3 Å². The van der Waals surface area contributed by atoms with Crippen LogP contribution in [-0.2, 0) is 7.05 Å². The maximum atomic E-state index is 11.7. The molecule has 0 atom stereocenters. The van der Waals surface area contributed by atoms with E-state index < -0.39 is 0 Å².